The van der Waals surface area contributed by atoms with Gasteiger partial charge in [0.2, 0.25) is 0 Å². The Morgan fingerprint density at radius 2 is 1.57 bits per heavy atom. The molecule has 0 radical (unpaired) electrons. The van der Waals surface area contributed by atoms with E-state index in [4.69, 9.17) is 0 Å². The Bertz CT molecular complexity index is 555. The van der Waals surface area contributed by atoms with E-state index in [1.807, 2.05) is 25.7 Å². The number of hydrogen-bond acceptors (Lipinski definition) is 3. The summed E-state index contributed by atoms with van der Waals surface area (Å²) in [4.78, 5) is 28.3. The third-order valence-electron chi connectivity index (χ3n) is 3.67. The number of benzene rings is 1. The van der Waals surface area contributed by atoms with Crippen molar-refractivity contribution >= 4 is 17.6 Å². The van der Waals surface area contributed by atoms with Gasteiger partial charge in [-0.2, -0.15) is 0 Å². The van der Waals surface area contributed by atoms with Gasteiger partial charge in [-0.05, 0) is 52.1 Å². The zero-order chi connectivity index (χ0) is 17.0. The third-order valence-corrected chi connectivity index (χ3v) is 3.67. The molecule has 0 unspecified atom stereocenters. The number of hydrogen-bond donors (Lipinski definition) is 2. The van der Waals surface area contributed by atoms with Gasteiger partial charge in [0, 0.05) is 43.0 Å². The lowest BCUT2D eigenvalue weighted by Crippen LogP contribution is -2.47. The van der Waals surface area contributed by atoms with Crippen molar-refractivity contribution in [1.29, 1.82) is 0 Å². The summed E-state index contributed by atoms with van der Waals surface area (Å²) in [6.07, 6.45) is 0. The van der Waals surface area contributed by atoms with Gasteiger partial charge in [-0.3, -0.25) is 4.79 Å². The summed E-state index contributed by atoms with van der Waals surface area (Å²) >= 11 is 0. The number of amides is 3. The van der Waals surface area contributed by atoms with Crippen molar-refractivity contribution in [2.45, 2.75) is 26.3 Å². The van der Waals surface area contributed by atoms with Crippen LogP contribution in [0, 0.1) is 0 Å². The molecule has 1 aromatic rings. The van der Waals surface area contributed by atoms with Crippen molar-refractivity contribution in [2.24, 2.45) is 0 Å². The number of carbonyl (C=O) groups excluding carboxylic acids is 2. The molecule has 1 heterocycles. The van der Waals surface area contributed by atoms with Crippen LogP contribution in [0.3, 0.4) is 0 Å². The number of piperazine rings is 1. The maximum Gasteiger partial charge on any atom is 0.319 e. The van der Waals surface area contributed by atoms with Crippen molar-refractivity contribution in [1.82, 2.24) is 15.1 Å². The van der Waals surface area contributed by atoms with Crippen LogP contribution in [0.25, 0.3) is 0 Å². The molecule has 1 aromatic carbocycles. The first kappa shape index (κ1) is 17.3. The van der Waals surface area contributed by atoms with Crippen LogP contribution in [0.2, 0.25) is 0 Å². The maximum absolute atomic E-state index is 12.4. The van der Waals surface area contributed by atoms with E-state index in [1.54, 1.807) is 24.3 Å². The molecule has 0 bridgehead atoms. The third kappa shape index (κ3) is 5.25. The highest BCUT2D eigenvalue weighted by Crippen LogP contribution is 2.13. The van der Waals surface area contributed by atoms with E-state index in [2.05, 4.69) is 22.6 Å². The lowest BCUT2D eigenvalue weighted by molar-refractivity contribution is 0.0664. The highest BCUT2D eigenvalue weighted by molar-refractivity contribution is 5.95. The van der Waals surface area contributed by atoms with E-state index in [9.17, 15) is 9.59 Å². The number of nitrogens with one attached hydrogen (secondary N) is 2. The normalized spacial score (nSPS) is 16.1. The average Bonchev–Trinajstić information content (AvgIpc) is 2.46. The van der Waals surface area contributed by atoms with Gasteiger partial charge in [0.15, 0.2) is 0 Å². The van der Waals surface area contributed by atoms with Crippen molar-refractivity contribution in [2.75, 3.05) is 38.5 Å². The molecule has 126 valence electrons. The molecule has 1 fully saturated rings. The van der Waals surface area contributed by atoms with Crippen LogP contribution < -0.4 is 10.6 Å². The Labute approximate surface area is 137 Å². The topological polar surface area (TPSA) is 64.7 Å². The second-order valence-corrected chi connectivity index (χ2v) is 7.00. The summed E-state index contributed by atoms with van der Waals surface area (Å²) in [5.74, 6) is 0.0452. The molecule has 0 atom stereocenters. The van der Waals surface area contributed by atoms with Gasteiger partial charge >= 0.3 is 6.03 Å². The summed E-state index contributed by atoms with van der Waals surface area (Å²) < 4.78 is 0. The first-order valence-corrected chi connectivity index (χ1v) is 7.92. The van der Waals surface area contributed by atoms with Crippen LogP contribution >= 0.6 is 0 Å². The molecule has 0 aromatic heterocycles. The van der Waals surface area contributed by atoms with E-state index in [1.165, 1.54) is 0 Å². The summed E-state index contributed by atoms with van der Waals surface area (Å²) in [5.41, 5.74) is 1.03. The van der Waals surface area contributed by atoms with Gasteiger partial charge in [0.1, 0.15) is 0 Å². The Balaban J connectivity index is 1.94. The molecule has 3 amide bonds. The van der Waals surface area contributed by atoms with Crippen LogP contribution in [-0.2, 0) is 0 Å². The van der Waals surface area contributed by atoms with Crippen LogP contribution in [-0.4, -0.2) is 60.5 Å². The molecule has 6 heteroatoms. The average molecular weight is 318 g/mol. The first-order valence-electron chi connectivity index (χ1n) is 7.92. The Morgan fingerprint density at radius 3 is 2.09 bits per heavy atom. The molecule has 2 N–H and O–H groups in total. The minimum atomic E-state index is -0.290. The second kappa shape index (κ2) is 7.00. The van der Waals surface area contributed by atoms with Gasteiger partial charge in [-0.1, -0.05) is 0 Å². The SMILES string of the molecule is CN1CCN(C(=O)c2ccc(NC(=O)NC(C)(C)C)cc2)CC1. The zero-order valence-corrected chi connectivity index (χ0v) is 14.3. The van der Waals surface area contributed by atoms with Gasteiger partial charge in [-0.25, -0.2) is 4.79 Å². The van der Waals surface area contributed by atoms with Crippen molar-refractivity contribution in [3.8, 4) is 0 Å². The zero-order valence-electron chi connectivity index (χ0n) is 14.3. The fourth-order valence-corrected chi connectivity index (χ4v) is 2.39. The molecular weight excluding hydrogens is 292 g/mol. The van der Waals surface area contributed by atoms with Crippen molar-refractivity contribution in [3.05, 3.63) is 29.8 Å². The predicted molar refractivity (Wildman–Crippen MR) is 91.7 cm³/mol. The minimum Gasteiger partial charge on any atom is -0.336 e. The number of nitrogens with zero attached hydrogens (tertiary/aromatic N) is 2. The molecule has 6 nitrogen and oxygen atoms in total. The second-order valence-electron chi connectivity index (χ2n) is 7.00. The number of rotatable bonds is 2. The molecule has 1 aliphatic heterocycles. The molecular formula is C17H26N4O2. The summed E-state index contributed by atoms with van der Waals surface area (Å²) in [7, 11) is 2.06. The van der Waals surface area contributed by atoms with E-state index in [0.29, 0.717) is 11.3 Å². The van der Waals surface area contributed by atoms with Crippen LogP contribution in [0.15, 0.2) is 24.3 Å². The van der Waals surface area contributed by atoms with E-state index >= 15 is 0 Å². The fourth-order valence-electron chi connectivity index (χ4n) is 2.39. The number of anilines is 1. The van der Waals surface area contributed by atoms with Crippen LogP contribution in [0.5, 0.6) is 0 Å². The number of likely N-dealkylation sites (N-methyl/N-ethyl adjacent to an activating group) is 1. The van der Waals surface area contributed by atoms with Gasteiger partial charge < -0.3 is 20.4 Å². The largest absolute Gasteiger partial charge is 0.336 e. The number of urea groups is 1. The molecule has 0 spiro atoms. The summed E-state index contributed by atoms with van der Waals surface area (Å²) in [6.45, 7) is 9.07. The summed E-state index contributed by atoms with van der Waals surface area (Å²) in [6, 6.07) is 6.77. The molecule has 1 saturated heterocycles. The Morgan fingerprint density at radius 1 is 1.00 bits per heavy atom. The van der Waals surface area contributed by atoms with E-state index < -0.39 is 0 Å². The van der Waals surface area contributed by atoms with Gasteiger partial charge in [0.25, 0.3) is 5.91 Å². The molecule has 2 rings (SSSR count). The van der Waals surface area contributed by atoms with Crippen LogP contribution in [0.1, 0.15) is 31.1 Å². The lowest BCUT2D eigenvalue weighted by atomic mass is 10.1. The Hall–Kier alpha value is -2.08. The smallest absolute Gasteiger partial charge is 0.319 e. The van der Waals surface area contributed by atoms with Crippen molar-refractivity contribution < 1.29 is 9.59 Å². The Kier molecular flexibility index (Phi) is 5.26. The highest BCUT2D eigenvalue weighted by Gasteiger charge is 2.20. The standard InChI is InChI=1S/C17H26N4O2/c1-17(2,3)19-16(23)18-14-7-5-13(6-8-14)15(22)21-11-9-20(4)10-12-21/h5-8H,9-12H2,1-4H3,(H2,18,19,23). The molecule has 0 aliphatic carbocycles. The minimum absolute atomic E-state index is 0.0452. The quantitative estimate of drug-likeness (QED) is 0.876. The molecule has 1 aliphatic rings. The number of carbonyl (C=O) groups is 2. The molecule has 23 heavy (non-hydrogen) atoms. The van der Waals surface area contributed by atoms with Crippen LogP contribution in [0.4, 0.5) is 10.5 Å². The van der Waals surface area contributed by atoms with Gasteiger partial charge in [0.05, 0.1) is 0 Å². The monoisotopic (exact) mass is 318 g/mol. The predicted octanol–water partition coefficient (Wildman–Crippen LogP) is 1.99. The summed E-state index contributed by atoms with van der Waals surface area (Å²) in [5, 5.41) is 5.60. The van der Waals surface area contributed by atoms with Gasteiger partial charge in [-0.15, -0.1) is 0 Å². The molecule has 0 saturated carbocycles. The van der Waals surface area contributed by atoms with Crippen molar-refractivity contribution in [3.63, 3.8) is 0 Å². The van der Waals surface area contributed by atoms with E-state index in [0.717, 1.165) is 26.2 Å². The fraction of sp³-hybridized carbons (Fsp3) is 0.529. The lowest BCUT2D eigenvalue weighted by Gasteiger charge is -2.32. The first-order chi connectivity index (χ1) is 10.7. The highest BCUT2D eigenvalue weighted by atomic mass is 16.2. The van der Waals surface area contributed by atoms with E-state index in [-0.39, 0.29) is 17.5 Å². The maximum atomic E-state index is 12.4.